The molecule has 3 aromatic rings. The molecule has 4 rings (SSSR count). The molecule has 8 heteroatoms. The third kappa shape index (κ3) is 4.45. The molecule has 5 nitrogen and oxygen atoms in total. The maximum atomic E-state index is 13.1. The van der Waals surface area contributed by atoms with Gasteiger partial charge >= 0.3 is 6.36 Å². The highest BCUT2D eigenvalue weighted by atomic mass is 19.4. The van der Waals surface area contributed by atoms with Crippen molar-refractivity contribution in [2.24, 2.45) is 0 Å². The van der Waals surface area contributed by atoms with Gasteiger partial charge in [0.05, 0.1) is 11.6 Å². The molecule has 1 amide bonds. The number of ether oxygens (including phenoxy) is 1. The third-order valence-electron chi connectivity index (χ3n) is 5.21. The topological polar surface area (TPSA) is 66.8 Å². The fourth-order valence-electron chi connectivity index (χ4n) is 3.75. The number of hydrogen-bond acceptors (Lipinski definition) is 4. The van der Waals surface area contributed by atoms with Gasteiger partial charge in [0.1, 0.15) is 11.5 Å². The van der Waals surface area contributed by atoms with E-state index in [2.05, 4.69) is 4.74 Å². The van der Waals surface area contributed by atoms with Gasteiger partial charge in [0.25, 0.3) is 11.7 Å². The van der Waals surface area contributed by atoms with Gasteiger partial charge in [-0.1, -0.05) is 66.2 Å². The van der Waals surface area contributed by atoms with E-state index < -0.39 is 29.8 Å². The standard InChI is InChI=1S/C25H18F3NO4/c1-15-10-12-17(13-11-15)22(30)20-21(16-6-3-2-4-7-16)29(24(32)23(20)31)18-8-5-9-19(14-18)33-25(26,27)28/h2-14,21,30H,1H3/b22-20+. The minimum Gasteiger partial charge on any atom is -0.507 e. The van der Waals surface area contributed by atoms with Crippen LogP contribution in [0.1, 0.15) is 22.7 Å². The maximum Gasteiger partial charge on any atom is 0.573 e. The molecule has 1 aliphatic rings. The smallest absolute Gasteiger partial charge is 0.507 e. The molecule has 3 aromatic carbocycles. The summed E-state index contributed by atoms with van der Waals surface area (Å²) in [6.45, 7) is 1.86. The number of hydrogen-bond donors (Lipinski definition) is 1. The van der Waals surface area contributed by atoms with Crippen LogP contribution in [0.15, 0.2) is 84.4 Å². The summed E-state index contributed by atoms with van der Waals surface area (Å²) in [4.78, 5) is 27.2. The van der Waals surface area contributed by atoms with Gasteiger partial charge in [-0.2, -0.15) is 0 Å². The Balaban J connectivity index is 1.88. The summed E-state index contributed by atoms with van der Waals surface area (Å²) in [5.74, 6) is -2.81. The van der Waals surface area contributed by atoms with Crippen LogP contribution in [-0.4, -0.2) is 23.2 Å². The Morgan fingerprint density at radius 2 is 1.61 bits per heavy atom. The summed E-state index contributed by atoms with van der Waals surface area (Å²) in [6, 6.07) is 19.0. The van der Waals surface area contributed by atoms with Crippen LogP contribution in [0.2, 0.25) is 0 Å². The number of rotatable bonds is 4. The molecule has 168 valence electrons. The molecule has 1 atom stereocenters. The molecule has 0 saturated carbocycles. The van der Waals surface area contributed by atoms with Crippen molar-refractivity contribution >= 4 is 23.1 Å². The van der Waals surface area contributed by atoms with Crippen LogP contribution in [0.5, 0.6) is 5.75 Å². The third-order valence-corrected chi connectivity index (χ3v) is 5.21. The number of aliphatic hydroxyl groups is 1. The van der Waals surface area contributed by atoms with Crippen LogP contribution >= 0.6 is 0 Å². The average molecular weight is 453 g/mol. The normalized spacial score (nSPS) is 17.9. The highest BCUT2D eigenvalue weighted by Crippen LogP contribution is 2.43. The highest BCUT2D eigenvalue weighted by molar-refractivity contribution is 6.51. The Morgan fingerprint density at radius 3 is 2.24 bits per heavy atom. The predicted molar refractivity (Wildman–Crippen MR) is 116 cm³/mol. The number of aliphatic hydroxyl groups excluding tert-OH is 1. The molecule has 33 heavy (non-hydrogen) atoms. The zero-order valence-electron chi connectivity index (χ0n) is 17.3. The van der Waals surface area contributed by atoms with Crippen LogP contribution in [-0.2, 0) is 9.59 Å². The van der Waals surface area contributed by atoms with E-state index in [1.807, 2.05) is 6.92 Å². The largest absolute Gasteiger partial charge is 0.573 e. The van der Waals surface area contributed by atoms with Gasteiger partial charge in [-0.05, 0) is 24.6 Å². The van der Waals surface area contributed by atoms with E-state index in [9.17, 15) is 27.9 Å². The summed E-state index contributed by atoms with van der Waals surface area (Å²) < 4.78 is 42.1. The van der Waals surface area contributed by atoms with Crippen molar-refractivity contribution < 1.29 is 32.6 Å². The minimum atomic E-state index is -4.92. The molecular formula is C25H18F3NO4. The Hall–Kier alpha value is -4.07. The summed E-state index contributed by atoms with van der Waals surface area (Å²) in [5.41, 5.74) is 1.65. The first-order valence-electron chi connectivity index (χ1n) is 9.94. The fraction of sp³-hybridized carbons (Fsp3) is 0.120. The van der Waals surface area contributed by atoms with E-state index in [1.54, 1.807) is 54.6 Å². The lowest BCUT2D eigenvalue weighted by Crippen LogP contribution is -2.29. The molecule has 1 N–H and O–H groups in total. The Bertz CT molecular complexity index is 1230. The zero-order chi connectivity index (χ0) is 23.8. The first-order valence-corrected chi connectivity index (χ1v) is 9.94. The van der Waals surface area contributed by atoms with Crippen molar-refractivity contribution in [3.63, 3.8) is 0 Å². The van der Waals surface area contributed by atoms with Crippen molar-refractivity contribution in [2.75, 3.05) is 4.90 Å². The van der Waals surface area contributed by atoms with Crippen LogP contribution in [0.25, 0.3) is 5.76 Å². The van der Waals surface area contributed by atoms with Gasteiger partial charge in [-0.15, -0.1) is 13.2 Å². The predicted octanol–water partition coefficient (Wildman–Crippen LogP) is 5.52. The van der Waals surface area contributed by atoms with Crippen LogP contribution in [0, 0.1) is 6.92 Å². The zero-order valence-corrected chi connectivity index (χ0v) is 17.3. The molecule has 1 fully saturated rings. The quantitative estimate of drug-likeness (QED) is 0.321. The monoisotopic (exact) mass is 453 g/mol. The number of halogens is 3. The summed E-state index contributed by atoms with van der Waals surface area (Å²) in [5, 5.41) is 11.0. The first-order chi connectivity index (χ1) is 15.7. The van der Waals surface area contributed by atoms with Gasteiger partial charge in [0.15, 0.2) is 0 Å². The fourth-order valence-corrected chi connectivity index (χ4v) is 3.75. The van der Waals surface area contributed by atoms with E-state index in [-0.39, 0.29) is 17.0 Å². The second-order valence-corrected chi connectivity index (χ2v) is 7.49. The van der Waals surface area contributed by atoms with E-state index in [4.69, 9.17) is 0 Å². The number of carbonyl (C=O) groups excluding carboxylic acids is 2. The number of alkyl halides is 3. The molecule has 0 aromatic heterocycles. The van der Waals surface area contributed by atoms with Crippen molar-refractivity contribution in [2.45, 2.75) is 19.3 Å². The lowest BCUT2D eigenvalue weighted by Gasteiger charge is -2.26. The number of benzene rings is 3. The van der Waals surface area contributed by atoms with Gasteiger partial charge in [0.2, 0.25) is 0 Å². The highest BCUT2D eigenvalue weighted by Gasteiger charge is 2.47. The minimum absolute atomic E-state index is 0.0238. The Labute approximate surface area is 187 Å². The van der Waals surface area contributed by atoms with Crippen LogP contribution in [0.3, 0.4) is 0 Å². The lowest BCUT2D eigenvalue weighted by atomic mass is 9.95. The number of amides is 1. The van der Waals surface area contributed by atoms with Crippen molar-refractivity contribution in [1.29, 1.82) is 0 Å². The van der Waals surface area contributed by atoms with E-state index in [1.165, 1.54) is 12.1 Å². The van der Waals surface area contributed by atoms with E-state index >= 15 is 0 Å². The number of ketones is 1. The molecule has 0 bridgehead atoms. The number of nitrogens with zero attached hydrogens (tertiary/aromatic N) is 1. The summed E-state index contributed by atoms with van der Waals surface area (Å²) in [7, 11) is 0. The van der Waals surface area contributed by atoms with Gasteiger partial charge in [0, 0.05) is 17.3 Å². The van der Waals surface area contributed by atoms with Gasteiger partial charge in [-0.3, -0.25) is 14.5 Å². The van der Waals surface area contributed by atoms with E-state index in [0.717, 1.165) is 22.6 Å². The Kier molecular flexibility index (Phi) is 5.68. The maximum absolute atomic E-state index is 13.1. The number of carbonyl (C=O) groups is 2. The van der Waals surface area contributed by atoms with Crippen molar-refractivity contribution in [3.8, 4) is 5.75 Å². The van der Waals surface area contributed by atoms with Crippen LogP contribution < -0.4 is 9.64 Å². The molecule has 1 heterocycles. The average Bonchev–Trinajstić information content (AvgIpc) is 3.04. The summed E-state index contributed by atoms with van der Waals surface area (Å²) in [6.07, 6.45) is -4.92. The second-order valence-electron chi connectivity index (χ2n) is 7.49. The molecule has 0 aliphatic carbocycles. The van der Waals surface area contributed by atoms with Crippen LogP contribution in [0.4, 0.5) is 18.9 Å². The molecule has 1 aliphatic heterocycles. The van der Waals surface area contributed by atoms with E-state index in [0.29, 0.717) is 11.1 Å². The van der Waals surface area contributed by atoms with Crippen molar-refractivity contribution in [3.05, 3.63) is 101 Å². The number of aryl methyl sites for hydroxylation is 1. The van der Waals surface area contributed by atoms with Gasteiger partial charge < -0.3 is 9.84 Å². The molecule has 0 radical (unpaired) electrons. The molecule has 1 saturated heterocycles. The Morgan fingerprint density at radius 1 is 0.939 bits per heavy atom. The molecular weight excluding hydrogens is 435 g/mol. The second kappa shape index (κ2) is 8.46. The number of Topliss-reactive ketones (excluding diaryl/α,β-unsaturated/α-hetero) is 1. The van der Waals surface area contributed by atoms with Crippen molar-refractivity contribution in [1.82, 2.24) is 0 Å². The first kappa shape index (κ1) is 22.1. The SMILES string of the molecule is Cc1ccc(/C(O)=C2\C(=O)C(=O)N(c3cccc(OC(F)(F)F)c3)C2c2ccccc2)cc1. The number of anilines is 1. The van der Waals surface area contributed by atoms with Gasteiger partial charge in [-0.25, -0.2) is 0 Å². The lowest BCUT2D eigenvalue weighted by molar-refractivity contribution is -0.274. The summed E-state index contributed by atoms with van der Waals surface area (Å²) >= 11 is 0. The molecule has 0 spiro atoms. The molecule has 1 unspecified atom stereocenters.